The summed E-state index contributed by atoms with van der Waals surface area (Å²) in [7, 11) is 1.33. The van der Waals surface area contributed by atoms with Gasteiger partial charge in [-0.2, -0.15) is 0 Å². The number of aromatic nitrogens is 2. The van der Waals surface area contributed by atoms with Gasteiger partial charge in [-0.25, -0.2) is 14.8 Å². The first-order chi connectivity index (χ1) is 11.8. The van der Waals surface area contributed by atoms with Crippen LogP contribution in [0.15, 0.2) is 0 Å². The number of methoxy groups -OCH3 is 1. The molecule has 2 rings (SSSR count). The molecule has 1 N–H and O–H groups in total. The van der Waals surface area contributed by atoms with Gasteiger partial charge in [-0.05, 0) is 25.7 Å². The Labute approximate surface area is 155 Å². The number of amides is 1. The fourth-order valence-corrected chi connectivity index (χ4v) is 4.40. The Balaban J connectivity index is 2.26. The second-order valence-corrected chi connectivity index (χ2v) is 8.38. The Kier molecular flexibility index (Phi) is 6.66. The summed E-state index contributed by atoms with van der Waals surface area (Å²) in [5.74, 6) is -0.337. The molecule has 0 fully saturated rings. The largest absolute Gasteiger partial charge is 0.464 e. The minimum absolute atomic E-state index is 0.227. The zero-order chi connectivity index (χ0) is 18.6. The highest BCUT2D eigenvalue weighted by molar-refractivity contribution is 7.16. The van der Waals surface area contributed by atoms with Crippen LogP contribution in [0, 0.1) is 12.8 Å². The highest BCUT2D eigenvalue weighted by Gasteiger charge is 2.22. The third-order valence-electron chi connectivity index (χ3n) is 3.39. The predicted molar refractivity (Wildman–Crippen MR) is 101 cm³/mol. The van der Waals surface area contributed by atoms with Crippen LogP contribution in [0.1, 0.15) is 62.9 Å². The number of hydrogen-bond donors (Lipinski definition) is 1. The standard InChI is InChI=1S/C17H23N3O3S2/c1-6-7-11-14(24-10(4)18-11)15(21)20-17-19-13(16(22)23-5)12(25-17)8-9(2)3/h9H,6-8H2,1-5H3,(H,19,20,21). The zero-order valence-corrected chi connectivity index (χ0v) is 16.8. The molecule has 6 nitrogen and oxygen atoms in total. The van der Waals surface area contributed by atoms with Crippen LogP contribution in [0.4, 0.5) is 5.13 Å². The molecule has 0 aliphatic carbocycles. The number of carbonyl (C=O) groups is 2. The lowest BCUT2D eigenvalue weighted by Gasteiger charge is -2.02. The molecule has 136 valence electrons. The summed E-state index contributed by atoms with van der Waals surface area (Å²) in [5.41, 5.74) is 1.10. The average Bonchev–Trinajstić information content (AvgIpc) is 3.10. The van der Waals surface area contributed by atoms with Crippen molar-refractivity contribution in [3.63, 3.8) is 0 Å². The lowest BCUT2D eigenvalue weighted by atomic mass is 10.1. The van der Waals surface area contributed by atoms with Gasteiger partial charge in [0.05, 0.1) is 17.8 Å². The highest BCUT2D eigenvalue weighted by atomic mass is 32.1. The maximum atomic E-state index is 12.6. The minimum atomic E-state index is -0.479. The summed E-state index contributed by atoms with van der Waals surface area (Å²) in [5, 5.41) is 4.09. The van der Waals surface area contributed by atoms with E-state index in [9.17, 15) is 9.59 Å². The zero-order valence-electron chi connectivity index (χ0n) is 15.1. The molecule has 8 heteroatoms. The van der Waals surface area contributed by atoms with E-state index >= 15 is 0 Å². The molecule has 0 aromatic carbocycles. The molecule has 0 radical (unpaired) electrons. The number of carbonyl (C=O) groups excluding carboxylic acids is 2. The van der Waals surface area contributed by atoms with Crippen molar-refractivity contribution < 1.29 is 14.3 Å². The number of esters is 1. The molecule has 1 amide bonds. The summed E-state index contributed by atoms with van der Waals surface area (Å²) in [6.07, 6.45) is 2.39. The van der Waals surface area contributed by atoms with Crippen molar-refractivity contribution in [2.75, 3.05) is 12.4 Å². The van der Waals surface area contributed by atoms with Crippen molar-refractivity contribution in [1.29, 1.82) is 0 Å². The van der Waals surface area contributed by atoms with E-state index in [1.165, 1.54) is 29.8 Å². The van der Waals surface area contributed by atoms with E-state index in [2.05, 4.69) is 36.1 Å². The fourth-order valence-electron chi connectivity index (χ4n) is 2.38. The van der Waals surface area contributed by atoms with Gasteiger partial charge < -0.3 is 4.74 Å². The van der Waals surface area contributed by atoms with E-state index in [0.29, 0.717) is 22.3 Å². The van der Waals surface area contributed by atoms with E-state index in [1.807, 2.05) is 6.92 Å². The van der Waals surface area contributed by atoms with Gasteiger partial charge in [-0.3, -0.25) is 10.1 Å². The Bertz CT molecular complexity index is 765. The van der Waals surface area contributed by atoms with Gasteiger partial charge in [0, 0.05) is 4.88 Å². The smallest absolute Gasteiger partial charge is 0.357 e. The summed E-state index contributed by atoms with van der Waals surface area (Å²) in [4.78, 5) is 34.7. The first-order valence-corrected chi connectivity index (χ1v) is 9.84. The molecule has 0 saturated carbocycles. The summed E-state index contributed by atoms with van der Waals surface area (Å²) in [6, 6.07) is 0. The minimum Gasteiger partial charge on any atom is -0.464 e. The van der Waals surface area contributed by atoms with Crippen LogP contribution in [0.3, 0.4) is 0 Å². The van der Waals surface area contributed by atoms with Crippen molar-refractivity contribution in [3.8, 4) is 0 Å². The second-order valence-electron chi connectivity index (χ2n) is 6.09. The second kappa shape index (κ2) is 8.53. The lowest BCUT2D eigenvalue weighted by molar-refractivity contribution is 0.0593. The number of anilines is 1. The van der Waals surface area contributed by atoms with Crippen LogP contribution >= 0.6 is 22.7 Å². The average molecular weight is 382 g/mol. The number of nitrogens with zero attached hydrogens (tertiary/aromatic N) is 2. The quantitative estimate of drug-likeness (QED) is 0.730. The van der Waals surface area contributed by atoms with Gasteiger partial charge in [0.1, 0.15) is 4.88 Å². The van der Waals surface area contributed by atoms with Crippen LogP contribution in [0.2, 0.25) is 0 Å². The topological polar surface area (TPSA) is 81.2 Å². The normalized spacial score (nSPS) is 11.0. The van der Waals surface area contributed by atoms with E-state index in [4.69, 9.17) is 4.74 Å². The fraction of sp³-hybridized carbons (Fsp3) is 0.529. The molecule has 25 heavy (non-hydrogen) atoms. The van der Waals surface area contributed by atoms with Gasteiger partial charge >= 0.3 is 5.97 Å². The first-order valence-electron chi connectivity index (χ1n) is 8.21. The monoisotopic (exact) mass is 381 g/mol. The van der Waals surface area contributed by atoms with Crippen LogP contribution in [0.25, 0.3) is 0 Å². The van der Waals surface area contributed by atoms with Crippen molar-refractivity contribution >= 4 is 39.7 Å². The van der Waals surface area contributed by atoms with E-state index in [1.54, 1.807) is 0 Å². The van der Waals surface area contributed by atoms with E-state index < -0.39 is 5.97 Å². The molecule has 0 aliphatic rings. The molecule has 2 heterocycles. The number of ether oxygens (including phenoxy) is 1. The lowest BCUT2D eigenvalue weighted by Crippen LogP contribution is -2.13. The van der Waals surface area contributed by atoms with Crippen molar-refractivity contribution in [3.05, 3.63) is 26.1 Å². The van der Waals surface area contributed by atoms with Crippen LogP contribution in [0.5, 0.6) is 0 Å². The van der Waals surface area contributed by atoms with Crippen LogP contribution < -0.4 is 5.32 Å². The molecule has 0 atom stereocenters. The Morgan fingerprint density at radius 1 is 1.24 bits per heavy atom. The molecule has 0 unspecified atom stereocenters. The molecular weight excluding hydrogens is 358 g/mol. The number of aryl methyl sites for hydroxylation is 2. The predicted octanol–water partition coefficient (Wildman–Crippen LogP) is 4.10. The Morgan fingerprint density at radius 3 is 2.56 bits per heavy atom. The molecule has 0 aliphatic heterocycles. The van der Waals surface area contributed by atoms with Crippen molar-refractivity contribution in [1.82, 2.24) is 9.97 Å². The Hall–Kier alpha value is -1.80. The summed E-state index contributed by atoms with van der Waals surface area (Å²) >= 11 is 2.70. The molecule has 0 spiro atoms. The third kappa shape index (κ3) is 4.85. The maximum Gasteiger partial charge on any atom is 0.357 e. The SMILES string of the molecule is CCCc1nc(C)sc1C(=O)Nc1nc(C(=O)OC)c(CC(C)C)s1. The molecule has 2 aromatic rings. The number of hydrogen-bond acceptors (Lipinski definition) is 7. The van der Waals surface area contributed by atoms with Gasteiger partial charge in [-0.1, -0.05) is 27.2 Å². The van der Waals surface area contributed by atoms with Crippen molar-refractivity contribution in [2.24, 2.45) is 5.92 Å². The molecule has 0 bridgehead atoms. The number of thiazole rings is 2. The molecule has 0 saturated heterocycles. The number of nitrogens with one attached hydrogen (secondary N) is 1. The Morgan fingerprint density at radius 2 is 1.96 bits per heavy atom. The van der Waals surface area contributed by atoms with Crippen LogP contribution in [-0.4, -0.2) is 29.0 Å². The van der Waals surface area contributed by atoms with Crippen LogP contribution in [-0.2, 0) is 17.6 Å². The van der Waals surface area contributed by atoms with Gasteiger partial charge in [0.15, 0.2) is 10.8 Å². The summed E-state index contributed by atoms with van der Waals surface area (Å²) in [6.45, 7) is 8.07. The van der Waals surface area contributed by atoms with E-state index in [-0.39, 0.29) is 11.6 Å². The third-order valence-corrected chi connectivity index (χ3v) is 5.39. The van der Waals surface area contributed by atoms with Gasteiger partial charge in [0.2, 0.25) is 0 Å². The summed E-state index contributed by atoms with van der Waals surface area (Å²) < 4.78 is 4.80. The highest BCUT2D eigenvalue weighted by Crippen LogP contribution is 2.28. The first kappa shape index (κ1) is 19.5. The maximum absolute atomic E-state index is 12.6. The van der Waals surface area contributed by atoms with Gasteiger partial charge in [-0.15, -0.1) is 22.7 Å². The van der Waals surface area contributed by atoms with Gasteiger partial charge in [0.25, 0.3) is 5.91 Å². The number of rotatable bonds is 7. The van der Waals surface area contributed by atoms with E-state index in [0.717, 1.165) is 28.4 Å². The van der Waals surface area contributed by atoms with Crippen molar-refractivity contribution in [2.45, 2.75) is 47.0 Å². The molecule has 2 aromatic heterocycles. The molecular formula is C17H23N3O3S2.